The van der Waals surface area contributed by atoms with Crippen LogP contribution in [0.25, 0.3) is 0 Å². The van der Waals surface area contributed by atoms with Crippen LogP contribution < -0.4 is 21.5 Å². The van der Waals surface area contributed by atoms with Crippen molar-refractivity contribution in [1.29, 1.82) is 0 Å². The van der Waals surface area contributed by atoms with Gasteiger partial charge in [0, 0.05) is 18.2 Å². The second kappa shape index (κ2) is 10.2. The lowest BCUT2D eigenvalue weighted by molar-refractivity contribution is 0.0962. The highest BCUT2D eigenvalue weighted by Gasteiger charge is 2.18. The van der Waals surface area contributed by atoms with Crippen LogP contribution in [-0.4, -0.2) is 33.4 Å². The smallest absolute Gasteiger partial charge is 0.269 e. The van der Waals surface area contributed by atoms with E-state index in [4.69, 9.17) is 0 Å². The van der Waals surface area contributed by atoms with Gasteiger partial charge in [0.05, 0.1) is 0 Å². The summed E-state index contributed by atoms with van der Waals surface area (Å²) in [6.07, 6.45) is 11.2. The van der Waals surface area contributed by atoms with Crippen molar-refractivity contribution in [1.82, 2.24) is 20.4 Å². The van der Waals surface area contributed by atoms with Gasteiger partial charge in [-0.25, -0.2) is 0 Å². The molecule has 0 bridgehead atoms. The number of nitrogens with one attached hydrogen (secondary N) is 4. The zero-order chi connectivity index (χ0) is 20.6. The van der Waals surface area contributed by atoms with Gasteiger partial charge in [0.25, 0.3) is 5.91 Å². The van der Waals surface area contributed by atoms with E-state index in [1.807, 2.05) is 18.2 Å². The van der Waals surface area contributed by atoms with E-state index in [0.29, 0.717) is 35.4 Å². The molecular weight excluding hydrogens is 378 g/mol. The number of anilines is 3. The third-order valence-corrected chi connectivity index (χ3v) is 5.92. The first-order valence-corrected chi connectivity index (χ1v) is 11.1. The third kappa shape index (κ3) is 5.81. The Balaban J connectivity index is 1.42. The number of benzene rings is 1. The van der Waals surface area contributed by atoms with Crippen molar-refractivity contribution >= 4 is 23.8 Å². The molecule has 4 rings (SSSR count). The Bertz CT molecular complexity index is 817. The number of hydrogen-bond acceptors (Lipinski definition) is 7. The first-order valence-electron chi connectivity index (χ1n) is 11.1. The zero-order valence-electron chi connectivity index (χ0n) is 17.4. The molecule has 0 spiro atoms. The summed E-state index contributed by atoms with van der Waals surface area (Å²) in [6.45, 7) is 0.864. The van der Waals surface area contributed by atoms with Gasteiger partial charge in [-0.3, -0.25) is 15.6 Å². The van der Waals surface area contributed by atoms with Crippen LogP contribution in [0, 0.1) is 5.92 Å². The summed E-state index contributed by atoms with van der Waals surface area (Å²) in [5, 5.41) is 6.81. The molecule has 2 aliphatic carbocycles. The fraction of sp³-hybridized carbons (Fsp3) is 0.545. The summed E-state index contributed by atoms with van der Waals surface area (Å²) in [5.41, 5.74) is 6.08. The van der Waals surface area contributed by atoms with Crippen molar-refractivity contribution in [3.05, 3.63) is 35.9 Å². The number of carbonyl (C=O) groups is 1. The van der Waals surface area contributed by atoms with Crippen LogP contribution >= 0.6 is 0 Å². The maximum absolute atomic E-state index is 12.3. The Labute approximate surface area is 177 Å². The van der Waals surface area contributed by atoms with Gasteiger partial charge in [-0.05, 0) is 43.7 Å². The maximum atomic E-state index is 12.3. The Morgan fingerprint density at radius 1 is 0.833 bits per heavy atom. The van der Waals surface area contributed by atoms with E-state index in [2.05, 4.69) is 36.4 Å². The number of rotatable bonds is 8. The lowest BCUT2D eigenvalue weighted by Gasteiger charge is -2.22. The van der Waals surface area contributed by atoms with E-state index in [9.17, 15) is 4.79 Å². The Morgan fingerprint density at radius 2 is 1.50 bits per heavy atom. The predicted molar refractivity (Wildman–Crippen MR) is 118 cm³/mol. The minimum atomic E-state index is -0.238. The van der Waals surface area contributed by atoms with Crippen LogP contribution in [0.2, 0.25) is 0 Å². The van der Waals surface area contributed by atoms with E-state index >= 15 is 0 Å². The molecular formula is C22H31N7O. The molecule has 1 aromatic carbocycles. The number of aromatic nitrogens is 3. The lowest BCUT2D eigenvalue weighted by atomic mass is 9.89. The summed E-state index contributed by atoms with van der Waals surface area (Å²) in [7, 11) is 0. The van der Waals surface area contributed by atoms with Gasteiger partial charge in [-0.2, -0.15) is 15.0 Å². The molecule has 0 radical (unpaired) electrons. The number of hydrazine groups is 1. The summed E-state index contributed by atoms with van der Waals surface area (Å²) >= 11 is 0. The van der Waals surface area contributed by atoms with E-state index < -0.39 is 0 Å². The van der Waals surface area contributed by atoms with Gasteiger partial charge in [0.15, 0.2) is 0 Å². The summed E-state index contributed by atoms with van der Waals surface area (Å²) in [4.78, 5) is 25.8. The van der Waals surface area contributed by atoms with Crippen molar-refractivity contribution < 1.29 is 4.79 Å². The molecule has 2 aromatic rings. The van der Waals surface area contributed by atoms with Gasteiger partial charge in [-0.15, -0.1) is 0 Å². The molecule has 2 aliphatic rings. The van der Waals surface area contributed by atoms with Crippen molar-refractivity contribution in [2.24, 2.45) is 5.92 Å². The molecule has 2 fully saturated rings. The molecule has 1 amide bonds. The van der Waals surface area contributed by atoms with Gasteiger partial charge in [0.2, 0.25) is 17.8 Å². The van der Waals surface area contributed by atoms with Crippen molar-refractivity contribution in [2.75, 3.05) is 22.6 Å². The van der Waals surface area contributed by atoms with E-state index in [0.717, 1.165) is 19.4 Å². The third-order valence-electron chi connectivity index (χ3n) is 5.92. The number of carbonyl (C=O) groups excluding carboxylic acids is 1. The molecule has 1 aromatic heterocycles. The normalized spacial score (nSPS) is 17.5. The Morgan fingerprint density at radius 3 is 2.27 bits per heavy atom. The highest BCUT2D eigenvalue weighted by molar-refractivity contribution is 5.94. The lowest BCUT2D eigenvalue weighted by Crippen LogP contribution is -2.31. The van der Waals surface area contributed by atoms with Crippen LogP contribution in [0.4, 0.5) is 17.8 Å². The van der Waals surface area contributed by atoms with Gasteiger partial charge < -0.3 is 10.6 Å². The summed E-state index contributed by atoms with van der Waals surface area (Å²) < 4.78 is 0. The zero-order valence-corrected chi connectivity index (χ0v) is 17.4. The molecule has 1 heterocycles. The molecule has 30 heavy (non-hydrogen) atoms. The van der Waals surface area contributed by atoms with Crippen LogP contribution in [0.3, 0.4) is 0 Å². The Hall–Kier alpha value is -2.90. The van der Waals surface area contributed by atoms with Crippen LogP contribution in [0.5, 0.6) is 0 Å². The number of amides is 1. The number of hydrogen-bond donors (Lipinski definition) is 4. The predicted octanol–water partition coefficient (Wildman–Crippen LogP) is 3.98. The van der Waals surface area contributed by atoms with E-state index in [1.165, 1.54) is 44.9 Å². The summed E-state index contributed by atoms with van der Waals surface area (Å²) in [6, 6.07) is 9.44. The van der Waals surface area contributed by atoms with Gasteiger partial charge >= 0.3 is 0 Å². The second-order valence-electron chi connectivity index (χ2n) is 8.26. The average Bonchev–Trinajstić information content (AvgIpc) is 3.30. The first-order chi connectivity index (χ1) is 14.8. The van der Waals surface area contributed by atoms with Gasteiger partial charge in [-0.1, -0.05) is 50.3 Å². The van der Waals surface area contributed by atoms with Crippen LogP contribution in [0.15, 0.2) is 30.3 Å². The van der Waals surface area contributed by atoms with Gasteiger partial charge in [0.1, 0.15) is 0 Å². The minimum Gasteiger partial charge on any atom is -0.354 e. The Kier molecular flexibility index (Phi) is 6.95. The molecule has 0 saturated heterocycles. The average molecular weight is 410 g/mol. The second-order valence-corrected chi connectivity index (χ2v) is 8.26. The quantitative estimate of drug-likeness (QED) is 0.489. The SMILES string of the molecule is O=C(NNc1nc(NCC2CCCCC2)nc(NC2CCCC2)n1)c1ccccc1. The largest absolute Gasteiger partial charge is 0.354 e. The highest BCUT2D eigenvalue weighted by atomic mass is 16.2. The molecule has 2 saturated carbocycles. The number of nitrogens with zero attached hydrogens (tertiary/aromatic N) is 3. The van der Waals surface area contributed by atoms with Crippen molar-refractivity contribution in [2.45, 2.75) is 63.8 Å². The standard InChI is InChI=1S/C22H31N7O/c30-19(17-11-5-2-6-12-17)28-29-22-26-20(23-15-16-9-3-1-4-10-16)25-21(27-22)24-18-13-7-8-14-18/h2,5-6,11-12,16,18H,1,3-4,7-10,13-15H2,(H,28,30)(H3,23,24,25,26,27,29). The van der Waals surface area contributed by atoms with E-state index in [-0.39, 0.29) is 5.91 Å². The summed E-state index contributed by atoms with van der Waals surface area (Å²) in [5.74, 6) is 1.82. The fourth-order valence-corrected chi connectivity index (χ4v) is 4.23. The monoisotopic (exact) mass is 409 g/mol. The molecule has 0 unspecified atom stereocenters. The van der Waals surface area contributed by atoms with Crippen molar-refractivity contribution in [3.63, 3.8) is 0 Å². The minimum absolute atomic E-state index is 0.238. The molecule has 8 nitrogen and oxygen atoms in total. The van der Waals surface area contributed by atoms with Crippen LogP contribution in [0.1, 0.15) is 68.1 Å². The topological polar surface area (TPSA) is 104 Å². The maximum Gasteiger partial charge on any atom is 0.269 e. The van der Waals surface area contributed by atoms with Crippen molar-refractivity contribution in [3.8, 4) is 0 Å². The fourth-order valence-electron chi connectivity index (χ4n) is 4.23. The molecule has 0 aliphatic heterocycles. The van der Waals surface area contributed by atoms with E-state index in [1.54, 1.807) is 12.1 Å². The van der Waals surface area contributed by atoms with Crippen LogP contribution in [-0.2, 0) is 0 Å². The molecule has 4 N–H and O–H groups in total. The first kappa shape index (κ1) is 20.4. The molecule has 160 valence electrons. The molecule has 0 atom stereocenters. The highest BCUT2D eigenvalue weighted by Crippen LogP contribution is 2.24. The molecule has 8 heteroatoms.